The Morgan fingerprint density at radius 2 is 2.08 bits per heavy atom. The summed E-state index contributed by atoms with van der Waals surface area (Å²) in [6.07, 6.45) is 6.60. The lowest BCUT2D eigenvalue weighted by Gasteiger charge is -2.22. The zero-order valence-corrected chi connectivity index (χ0v) is 15.9. The Kier molecular flexibility index (Phi) is 7.99. The van der Waals surface area contributed by atoms with Crippen LogP contribution in [0.25, 0.3) is 0 Å². The summed E-state index contributed by atoms with van der Waals surface area (Å²) in [5.74, 6) is 6.84. The molecule has 2 aliphatic rings. The second kappa shape index (κ2) is 9.99. The minimum atomic E-state index is -0.939. The van der Waals surface area contributed by atoms with E-state index in [0.717, 1.165) is 38.5 Å². The van der Waals surface area contributed by atoms with Crippen molar-refractivity contribution in [2.24, 2.45) is 29.6 Å². The van der Waals surface area contributed by atoms with Gasteiger partial charge in [0.05, 0.1) is 11.9 Å². The number of fused-ring (bicyclic) bond motifs is 1. The largest absolute Gasteiger partial charge is 0.512 e. The Balaban J connectivity index is 1.85. The third kappa shape index (κ3) is 5.75. The first-order valence-electron chi connectivity index (χ1n) is 9.68. The number of carboxylic acid groups (broad SMARTS) is 1. The fourth-order valence-electron chi connectivity index (χ4n) is 4.61. The van der Waals surface area contributed by atoms with E-state index < -0.39 is 12.1 Å². The van der Waals surface area contributed by atoms with E-state index in [2.05, 4.69) is 18.8 Å². The molecule has 2 aliphatic carbocycles. The number of allylic oxidation sites excluding steroid dienone is 1. The minimum Gasteiger partial charge on any atom is -0.512 e. The van der Waals surface area contributed by atoms with E-state index in [1.165, 1.54) is 0 Å². The van der Waals surface area contributed by atoms with Crippen molar-refractivity contribution in [1.29, 1.82) is 0 Å². The number of carbonyl (C=O) groups is 1. The number of hydrogen-bond acceptors (Lipinski definition) is 4. The van der Waals surface area contributed by atoms with Crippen LogP contribution in [0.3, 0.4) is 0 Å². The molecule has 0 heterocycles. The van der Waals surface area contributed by atoms with E-state index in [9.17, 15) is 15.0 Å². The summed E-state index contributed by atoms with van der Waals surface area (Å²) in [5, 5.41) is 29.6. The molecule has 0 aromatic carbocycles. The smallest absolute Gasteiger partial charge is 0.329 e. The Morgan fingerprint density at radius 1 is 1.31 bits per heavy atom. The summed E-state index contributed by atoms with van der Waals surface area (Å²) in [6, 6.07) is 0. The second-order valence-electron chi connectivity index (χ2n) is 7.93. The Morgan fingerprint density at radius 3 is 2.77 bits per heavy atom. The van der Waals surface area contributed by atoms with Crippen molar-refractivity contribution in [2.75, 3.05) is 13.2 Å². The maximum atomic E-state index is 10.6. The average Bonchev–Trinajstić information content (AvgIpc) is 3.10. The molecule has 0 spiro atoms. The highest BCUT2D eigenvalue weighted by Gasteiger charge is 2.49. The molecule has 0 bridgehead atoms. The molecular weight excluding hydrogens is 332 g/mol. The van der Waals surface area contributed by atoms with Crippen molar-refractivity contribution in [3.8, 4) is 11.8 Å². The van der Waals surface area contributed by atoms with Crippen LogP contribution >= 0.6 is 0 Å². The van der Waals surface area contributed by atoms with Crippen LogP contribution in [0.2, 0.25) is 0 Å². The first-order valence-corrected chi connectivity index (χ1v) is 9.68. The lowest BCUT2D eigenvalue weighted by Crippen LogP contribution is -2.22. The maximum Gasteiger partial charge on any atom is 0.329 e. The molecule has 0 radical (unpaired) electrons. The molecule has 6 atom stereocenters. The van der Waals surface area contributed by atoms with Crippen LogP contribution in [0.5, 0.6) is 0 Å². The summed E-state index contributed by atoms with van der Waals surface area (Å²) in [7, 11) is 0. The summed E-state index contributed by atoms with van der Waals surface area (Å²) < 4.78 is 5.15. The Hall–Kier alpha value is -1.51. The molecule has 0 saturated heterocycles. The van der Waals surface area contributed by atoms with Crippen LogP contribution in [0.4, 0.5) is 0 Å². The molecule has 3 N–H and O–H groups in total. The van der Waals surface area contributed by atoms with Crippen molar-refractivity contribution in [1.82, 2.24) is 0 Å². The number of carboxylic acids is 1. The molecular formula is C21H32O5. The summed E-state index contributed by atoms with van der Waals surface area (Å²) in [6.45, 7) is 4.16. The normalized spacial score (nSPS) is 32.0. The molecule has 5 heteroatoms. The quantitative estimate of drug-likeness (QED) is 0.332. The molecule has 2 fully saturated rings. The van der Waals surface area contributed by atoms with Crippen LogP contribution < -0.4 is 0 Å². The standard InChI is InChI=1S/C21H32O5/c1-3-4-5-14(2)6-7-18(22)21-17-11-15(8-9-26-13-20(24)25)10-16(17)12-19(21)23/h7,14-17,19,21-23H,5-6,8-13H2,1-2H3,(H,24,25)/t14?,15-,16-,17-,19+,21-/m1/s1. The van der Waals surface area contributed by atoms with Gasteiger partial charge < -0.3 is 20.1 Å². The second-order valence-corrected chi connectivity index (χ2v) is 7.93. The molecule has 0 aromatic heterocycles. The van der Waals surface area contributed by atoms with Gasteiger partial charge in [-0.25, -0.2) is 4.79 Å². The minimum absolute atomic E-state index is 0.158. The van der Waals surface area contributed by atoms with Crippen molar-refractivity contribution in [2.45, 2.75) is 58.5 Å². The van der Waals surface area contributed by atoms with Crippen molar-refractivity contribution < 1.29 is 24.9 Å². The van der Waals surface area contributed by atoms with Gasteiger partial charge in [0.2, 0.25) is 0 Å². The van der Waals surface area contributed by atoms with Gasteiger partial charge in [0, 0.05) is 18.9 Å². The fraction of sp³-hybridized carbons (Fsp3) is 0.762. The molecule has 146 valence electrons. The zero-order chi connectivity index (χ0) is 19.1. The van der Waals surface area contributed by atoms with Crippen molar-refractivity contribution in [3.05, 3.63) is 11.8 Å². The van der Waals surface area contributed by atoms with Crippen LogP contribution in [-0.4, -0.2) is 40.6 Å². The molecule has 2 rings (SSSR count). The van der Waals surface area contributed by atoms with Gasteiger partial charge in [0.1, 0.15) is 6.61 Å². The number of hydrogen-bond donors (Lipinski definition) is 3. The summed E-state index contributed by atoms with van der Waals surface area (Å²) in [5.41, 5.74) is 0. The monoisotopic (exact) mass is 364 g/mol. The lowest BCUT2D eigenvalue weighted by atomic mass is 9.87. The number of ether oxygens (including phenoxy) is 1. The van der Waals surface area contributed by atoms with Gasteiger partial charge in [-0.2, -0.15) is 0 Å². The number of aliphatic hydroxyl groups is 2. The average molecular weight is 364 g/mol. The molecule has 0 aromatic rings. The number of aliphatic carboxylic acids is 1. The van der Waals surface area contributed by atoms with Gasteiger partial charge in [-0.15, -0.1) is 11.8 Å². The van der Waals surface area contributed by atoms with E-state index in [1.807, 2.05) is 13.0 Å². The molecule has 0 amide bonds. The predicted molar refractivity (Wildman–Crippen MR) is 99.4 cm³/mol. The van der Waals surface area contributed by atoms with Gasteiger partial charge >= 0.3 is 5.97 Å². The van der Waals surface area contributed by atoms with Gasteiger partial charge in [-0.3, -0.25) is 0 Å². The van der Waals surface area contributed by atoms with E-state index in [1.54, 1.807) is 0 Å². The Bertz CT molecular complexity index is 558. The first kappa shape index (κ1) is 20.8. The van der Waals surface area contributed by atoms with Gasteiger partial charge in [-0.1, -0.05) is 6.92 Å². The van der Waals surface area contributed by atoms with E-state index >= 15 is 0 Å². The summed E-state index contributed by atoms with van der Waals surface area (Å²) in [4.78, 5) is 10.5. The highest BCUT2D eigenvalue weighted by molar-refractivity contribution is 5.67. The van der Waals surface area contributed by atoms with Crippen molar-refractivity contribution in [3.63, 3.8) is 0 Å². The molecule has 26 heavy (non-hydrogen) atoms. The number of aliphatic hydroxyl groups excluding tert-OH is 2. The Labute approximate surface area is 156 Å². The number of rotatable bonds is 9. The van der Waals surface area contributed by atoms with E-state index in [-0.39, 0.29) is 12.5 Å². The van der Waals surface area contributed by atoms with Gasteiger partial charge in [-0.05, 0) is 68.8 Å². The SMILES string of the molecule is CC#CCC(C)CC=C(O)[C@H]1[C@@H]2C[C@H](CCOCC(=O)O)C[C@@H]2C[C@@H]1O. The molecule has 5 nitrogen and oxygen atoms in total. The highest BCUT2D eigenvalue weighted by Crippen LogP contribution is 2.52. The van der Waals surface area contributed by atoms with Crippen LogP contribution in [0.15, 0.2) is 11.8 Å². The topological polar surface area (TPSA) is 87.0 Å². The maximum absolute atomic E-state index is 10.6. The van der Waals surface area contributed by atoms with E-state index in [4.69, 9.17) is 9.84 Å². The molecule has 1 unspecified atom stereocenters. The van der Waals surface area contributed by atoms with Crippen LogP contribution in [-0.2, 0) is 9.53 Å². The summed E-state index contributed by atoms with van der Waals surface area (Å²) >= 11 is 0. The molecule has 2 saturated carbocycles. The highest BCUT2D eigenvalue weighted by atomic mass is 16.5. The third-order valence-corrected chi connectivity index (χ3v) is 5.86. The lowest BCUT2D eigenvalue weighted by molar-refractivity contribution is -0.142. The van der Waals surface area contributed by atoms with E-state index in [0.29, 0.717) is 36.0 Å². The van der Waals surface area contributed by atoms with Crippen molar-refractivity contribution >= 4 is 5.97 Å². The molecule has 0 aliphatic heterocycles. The predicted octanol–water partition coefficient (Wildman–Crippen LogP) is 3.38. The van der Waals surface area contributed by atoms with Crippen LogP contribution in [0, 0.1) is 41.4 Å². The van der Waals surface area contributed by atoms with Gasteiger partial charge in [0.15, 0.2) is 0 Å². The van der Waals surface area contributed by atoms with Crippen LogP contribution in [0.1, 0.15) is 52.4 Å². The first-order chi connectivity index (χ1) is 12.4. The third-order valence-electron chi connectivity index (χ3n) is 5.86. The fourth-order valence-corrected chi connectivity index (χ4v) is 4.61. The van der Waals surface area contributed by atoms with Gasteiger partial charge in [0.25, 0.3) is 0 Å². The zero-order valence-electron chi connectivity index (χ0n) is 15.9.